The van der Waals surface area contributed by atoms with Crippen LogP contribution in [0.1, 0.15) is 17.3 Å². The van der Waals surface area contributed by atoms with Crippen LogP contribution in [-0.2, 0) is 9.59 Å². The third-order valence-corrected chi connectivity index (χ3v) is 1.75. The summed E-state index contributed by atoms with van der Waals surface area (Å²) in [7, 11) is 0. The number of pyridine rings is 1. The zero-order valence-corrected chi connectivity index (χ0v) is 9.47. The lowest BCUT2D eigenvalue weighted by molar-refractivity contribution is -0.129. The van der Waals surface area contributed by atoms with E-state index in [0.29, 0.717) is 0 Å². The molecule has 0 aromatic carbocycles. The van der Waals surface area contributed by atoms with Gasteiger partial charge >= 0.3 is 5.97 Å². The molecule has 1 heterocycles. The van der Waals surface area contributed by atoms with E-state index < -0.39 is 24.4 Å². The molecule has 1 aromatic rings. The van der Waals surface area contributed by atoms with E-state index in [-0.39, 0.29) is 11.3 Å². The Balaban J connectivity index is 2.56. The van der Waals surface area contributed by atoms with Crippen molar-refractivity contribution in [2.45, 2.75) is 6.92 Å². The third kappa shape index (κ3) is 4.08. The van der Waals surface area contributed by atoms with Gasteiger partial charge in [0.25, 0.3) is 5.91 Å². The van der Waals surface area contributed by atoms with Gasteiger partial charge in [0.15, 0.2) is 12.4 Å². The predicted octanol–water partition coefficient (Wildman–Crippen LogP) is -0.674. The molecule has 0 spiro atoms. The largest absolute Gasteiger partial charge is 0.481 e. The molecule has 1 aromatic heterocycles. The number of hydrogen-bond donors (Lipinski definition) is 3. The molecule has 0 aliphatic carbocycles. The monoisotopic (exact) mass is 253 g/mol. The van der Waals surface area contributed by atoms with E-state index in [1.807, 2.05) is 0 Å². The van der Waals surface area contributed by atoms with Crippen LogP contribution in [0.5, 0.6) is 5.75 Å². The number of carbonyl (C=O) groups is 3. The highest BCUT2D eigenvalue weighted by Crippen LogP contribution is 2.15. The number of nitrogens with one attached hydrogen (secondary N) is 2. The maximum Gasteiger partial charge on any atom is 0.339 e. The first-order valence-corrected chi connectivity index (χ1v) is 4.86. The van der Waals surface area contributed by atoms with Gasteiger partial charge in [0.2, 0.25) is 5.91 Å². The highest BCUT2D eigenvalue weighted by molar-refractivity contribution is 5.90. The number of ether oxygens (including phenoxy) is 1. The van der Waals surface area contributed by atoms with Crippen LogP contribution in [0.15, 0.2) is 18.5 Å². The van der Waals surface area contributed by atoms with Crippen LogP contribution in [0.2, 0.25) is 0 Å². The minimum atomic E-state index is -1.19. The van der Waals surface area contributed by atoms with Gasteiger partial charge in [-0.05, 0) is 6.07 Å². The third-order valence-electron chi connectivity index (χ3n) is 1.75. The number of hydrazine groups is 1. The summed E-state index contributed by atoms with van der Waals surface area (Å²) in [5, 5.41) is 8.84. The first kappa shape index (κ1) is 13.4. The number of rotatable bonds is 4. The minimum Gasteiger partial charge on any atom is -0.481 e. The second kappa shape index (κ2) is 6.18. The lowest BCUT2D eigenvalue weighted by Crippen LogP contribution is -2.42. The van der Waals surface area contributed by atoms with Crippen LogP contribution < -0.4 is 15.6 Å². The van der Waals surface area contributed by atoms with Crippen LogP contribution in [0, 0.1) is 0 Å². The molecule has 1 rings (SSSR count). The van der Waals surface area contributed by atoms with Gasteiger partial charge in [-0.25, -0.2) is 4.79 Å². The summed E-state index contributed by atoms with van der Waals surface area (Å²) in [6, 6.07) is 1.25. The molecular weight excluding hydrogens is 242 g/mol. The Kier molecular flexibility index (Phi) is 4.61. The van der Waals surface area contributed by atoms with Crippen LogP contribution in [0.3, 0.4) is 0 Å². The van der Waals surface area contributed by atoms with Gasteiger partial charge in [-0.2, -0.15) is 0 Å². The maximum absolute atomic E-state index is 11.2. The minimum absolute atomic E-state index is 0.0250. The number of carboxylic acids is 1. The Morgan fingerprint density at radius 1 is 1.39 bits per heavy atom. The first-order chi connectivity index (χ1) is 8.50. The van der Waals surface area contributed by atoms with Crippen molar-refractivity contribution in [2.75, 3.05) is 6.61 Å². The quantitative estimate of drug-likeness (QED) is 0.612. The van der Waals surface area contributed by atoms with Crippen molar-refractivity contribution >= 4 is 17.8 Å². The van der Waals surface area contributed by atoms with Gasteiger partial charge < -0.3 is 9.84 Å². The van der Waals surface area contributed by atoms with Gasteiger partial charge in [0, 0.05) is 13.1 Å². The zero-order chi connectivity index (χ0) is 13.5. The van der Waals surface area contributed by atoms with Crippen LogP contribution in [-0.4, -0.2) is 34.5 Å². The molecule has 0 saturated heterocycles. The Bertz CT molecular complexity index is 474. The van der Waals surface area contributed by atoms with Crippen molar-refractivity contribution < 1.29 is 24.2 Å². The lowest BCUT2D eigenvalue weighted by Gasteiger charge is -2.08. The van der Waals surface area contributed by atoms with E-state index in [1.165, 1.54) is 25.4 Å². The van der Waals surface area contributed by atoms with Gasteiger partial charge in [-0.1, -0.05) is 0 Å². The van der Waals surface area contributed by atoms with E-state index in [1.54, 1.807) is 0 Å². The van der Waals surface area contributed by atoms with Gasteiger partial charge in [-0.3, -0.25) is 25.4 Å². The van der Waals surface area contributed by atoms with Crippen molar-refractivity contribution in [2.24, 2.45) is 0 Å². The molecule has 0 aliphatic rings. The Morgan fingerprint density at radius 3 is 2.72 bits per heavy atom. The fourth-order valence-electron chi connectivity index (χ4n) is 1.01. The second-order valence-corrected chi connectivity index (χ2v) is 3.20. The van der Waals surface area contributed by atoms with Crippen molar-refractivity contribution in [3.63, 3.8) is 0 Å². The maximum atomic E-state index is 11.2. The van der Waals surface area contributed by atoms with Crippen molar-refractivity contribution in [1.82, 2.24) is 15.8 Å². The van der Waals surface area contributed by atoms with Crippen LogP contribution in [0.25, 0.3) is 0 Å². The summed E-state index contributed by atoms with van der Waals surface area (Å²) in [6.07, 6.45) is 2.49. The number of hydrogen-bond acceptors (Lipinski definition) is 5. The fourth-order valence-corrected chi connectivity index (χ4v) is 1.01. The molecule has 0 saturated carbocycles. The van der Waals surface area contributed by atoms with Crippen molar-refractivity contribution in [3.8, 4) is 5.75 Å². The van der Waals surface area contributed by atoms with E-state index >= 15 is 0 Å². The topological polar surface area (TPSA) is 118 Å². The number of carboxylic acid groups (broad SMARTS) is 1. The summed E-state index contributed by atoms with van der Waals surface area (Å²) in [6.45, 7) is 0.789. The Morgan fingerprint density at radius 2 is 2.11 bits per heavy atom. The molecule has 2 amide bonds. The summed E-state index contributed by atoms with van der Waals surface area (Å²) in [5.41, 5.74) is 4.04. The number of amides is 2. The zero-order valence-electron chi connectivity index (χ0n) is 9.47. The summed E-state index contributed by atoms with van der Waals surface area (Å²) < 4.78 is 4.99. The summed E-state index contributed by atoms with van der Waals surface area (Å²) in [4.78, 5) is 36.2. The first-order valence-electron chi connectivity index (χ1n) is 4.86. The lowest BCUT2D eigenvalue weighted by atomic mass is 10.2. The smallest absolute Gasteiger partial charge is 0.339 e. The van der Waals surface area contributed by atoms with E-state index in [2.05, 4.69) is 15.8 Å². The molecule has 3 N–H and O–H groups in total. The van der Waals surface area contributed by atoms with Gasteiger partial charge in [0.05, 0.1) is 6.20 Å². The van der Waals surface area contributed by atoms with Crippen molar-refractivity contribution in [1.29, 1.82) is 0 Å². The van der Waals surface area contributed by atoms with Crippen LogP contribution in [0.4, 0.5) is 0 Å². The predicted molar refractivity (Wildman–Crippen MR) is 58.7 cm³/mol. The average molecular weight is 253 g/mol. The molecule has 96 valence electrons. The number of carbonyl (C=O) groups excluding carboxylic acids is 2. The molecule has 0 bridgehead atoms. The molecule has 0 atom stereocenters. The van der Waals surface area contributed by atoms with Crippen LogP contribution >= 0.6 is 0 Å². The molecule has 0 aliphatic heterocycles. The fraction of sp³-hybridized carbons (Fsp3) is 0.200. The Hall–Kier alpha value is -2.64. The summed E-state index contributed by atoms with van der Waals surface area (Å²) >= 11 is 0. The van der Waals surface area contributed by atoms with Gasteiger partial charge in [-0.15, -0.1) is 0 Å². The van der Waals surface area contributed by atoms with E-state index in [4.69, 9.17) is 9.84 Å². The highest BCUT2D eigenvalue weighted by Gasteiger charge is 2.12. The average Bonchev–Trinajstić information content (AvgIpc) is 2.34. The number of aromatic nitrogens is 1. The molecule has 0 radical (unpaired) electrons. The van der Waals surface area contributed by atoms with E-state index in [9.17, 15) is 14.4 Å². The highest BCUT2D eigenvalue weighted by atomic mass is 16.5. The van der Waals surface area contributed by atoms with Gasteiger partial charge in [0.1, 0.15) is 5.56 Å². The number of nitrogens with zero attached hydrogens (tertiary/aromatic N) is 1. The molecule has 0 fully saturated rings. The Labute approximate surface area is 102 Å². The number of aromatic carboxylic acids is 1. The van der Waals surface area contributed by atoms with E-state index in [0.717, 1.165) is 0 Å². The van der Waals surface area contributed by atoms with Crippen molar-refractivity contribution in [3.05, 3.63) is 24.0 Å². The summed E-state index contributed by atoms with van der Waals surface area (Å²) in [5.74, 6) is -2.26. The standard InChI is InChI=1S/C10H11N3O5/c1-6(14)12-13-9(15)5-18-8-4-11-3-2-7(8)10(16)17/h2-4H,5H2,1H3,(H,12,14)(H,13,15)(H,16,17). The SMILES string of the molecule is CC(=O)NNC(=O)COc1cnccc1C(=O)O. The normalized spacial score (nSPS) is 9.39. The molecule has 8 heteroatoms. The molecular formula is C10H11N3O5. The molecule has 18 heavy (non-hydrogen) atoms. The second-order valence-electron chi connectivity index (χ2n) is 3.20. The molecule has 0 unspecified atom stereocenters. The molecule has 8 nitrogen and oxygen atoms in total.